The molecule has 1 amide bonds. The van der Waals surface area contributed by atoms with Gasteiger partial charge in [-0.15, -0.1) is 0 Å². The van der Waals surface area contributed by atoms with E-state index < -0.39 is 0 Å². The second kappa shape index (κ2) is 4.39. The number of nitrogens with one attached hydrogen (secondary N) is 1. The molecule has 1 saturated carbocycles. The Bertz CT molecular complexity index is 477. The predicted molar refractivity (Wildman–Crippen MR) is 71.0 cm³/mol. The van der Waals surface area contributed by atoms with Gasteiger partial charge in [0.2, 0.25) is 5.91 Å². The smallest absolute Gasteiger partial charge is 0.227 e. The van der Waals surface area contributed by atoms with Gasteiger partial charge in [0.1, 0.15) is 0 Å². The lowest BCUT2D eigenvalue weighted by Gasteiger charge is -2.13. The number of carbonyl (C=O) groups excluding carboxylic acids is 1. The summed E-state index contributed by atoms with van der Waals surface area (Å²) in [6, 6.07) is 6.58. The van der Waals surface area contributed by atoms with Crippen molar-refractivity contribution in [2.75, 3.05) is 6.54 Å². The first-order valence-corrected chi connectivity index (χ1v) is 6.83. The standard InChI is InChI=1S/C15H20N2O/c16-10-15(6-7-15)14(18)17-9-11-4-5-12-2-1-3-13(12)8-11/h4-5,8H,1-3,6-7,9-10,16H2,(H,17,18). The van der Waals surface area contributed by atoms with Crippen molar-refractivity contribution in [2.45, 2.75) is 38.6 Å². The summed E-state index contributed by atoms with van der Waals surface area (Å²) in [5, 5.41) is 3.02. The molecule has 3 nitrogen and oxygen atoms in total. The molecule has 3 N–H and O–H groups in total. The normalized spacial score (nSPS) is 19.4. The van der Waals surface area contributed by atoms with Crippen molar-refractivity contribution in [3.8, 4) is 0 Å². The summed E-state index contributed by atoms with van der Waals surface area (Å²) in [5.74, 6) is 0.130. The summed E-state index contributed by atoms with van der Waals surface area (Å²) in [7, 11) is 0. The molecule has 0 radical (unpaired) electrons. The molecule has 18 heavy (non-hydrogen) atoms. The van der Waals surface area contributed by atoms with Gasteiger partial charge >= 0.3 is 0 Å². The minimum absolute atomic E-state index is 0.130. The molecule has 0 heterocycles. The fraction of sp³-hybridized carbons (Fsp3) is 0.533. The number of rotatable bonds is 4. The summed E-state index contributed by atoms with van der Waals surface area (Å²) >= 11 is 0. The lowest BCUT2D eigenvalue weighted by Crippen LogP contribution is -2.36. The zero-order valence-electron chi connectivity index (χ0n) is 10.7. The monoisotopic (exact) mass is 244 g/mol. The average molecular weight is 244 g/mol. The number of hydrogen-bond donors (Lipinski definition) is 2. The van der Waals surface area contributed by atoms with Gasteiger partial charge < -0.3 is 11.1 Å². The van der Waals surface area contributed by atoms with Crippen LogP contribution in [0.4, 0.5) is 0 Å². The third kappa shape index (κ3) is 2.03. The van der Waals surface area contributed by atoms with Crippen LogP contribution in [0.1, 0.15) is 36.0 Å². The summed E-state index contributed by atoms with van der Waals surface area (Å²) < 4.78 is 0. The lowest BCUT2D eigenvalue weighted by atomic mass is 10.0. The van der Waals surface area contributed by atoms with Gasteiger partial charge in [-0.05, 0) is 48.8 Å². The van der Waals surface area contributed by atoms with Crippen molar-refractivity contribution in [3.63, 3.8) is 0 Å². The number of hydrogen-bond acceptors (Lipinski definition) is 2. The molecule has 0 bridgehead atoms. The van der Waals surface area contributed by atoms with E-state index in [1.807, 2.05) is 0 Å². The lowest BCUT2D eigenvalue weighted by molar-refractivity contribution is -0.126. The summed E-state index contributed by atoms with van der Waals surface area (Å²) in [6.45, 7) is 1.11. The fourth-order valence-electron chi connectivity index (χ4n) is 2.78. The predicted octanol–water partition coefficient (Wildman–Crippen LogP) is 1.53. The van der Waals surface area contributed by atoms with Crippen molar-refractivity contribution in [1.82, 2.24) is 5.32 Å². The number of aryl methyl sites for hydroxylation is 2. The van der Waals surface area contributed by atoms with Crippen LogP contribution in [0.3, 0.4) is 0 Å². The zero-order valence-corrected chi connectivity index (χ0v) is 10.7. The summed E-state index contributed by atoms with van der Waals surface area (Å²) in [5.41, 5.74) is 9.56. The van der Waals surface area contributed by atoms with Crippen molar-refractivity contribution in [3.05, 3.63) is 34.9 Å². The number of amides is 1. The summed E-state index contributed by atoms with van der Waals surface area (Å²) in [4.78, 5) is 12.0. The van der Waals surface area contributed by atoms with E-state index in [0.29, 0.717) is 13.1 Å². The van der Waals surface area contributed by atoms with Crippen molar-refractivity contribution in [2.24, 2.45) is 11.1 Å². The van der Waals surface area contributed by atoms with E-state index in [1.54, 1.807) is 0 Å². The molecule has 3 rings (SSSR count). The second-order valence-corrected chi connectivity index (χ2v) is 5.62. The Kier molecular flexibility index (Phi) is 2.86. The molecule has 2 aliphatic carbocycles. The van der Waals surface area contributed by atoms with E-state index in [9.17, 15) is 4.79 Å². The fourth-order valence-corrected chi connectivity index (χ4v) is 2.78. The van der Waals surface area contributed by atoms with Crippen LogP contribution >= 0.6 is 0 Å². The second-order valence-electron chi connectivity index (χ2n) is 5.62. The first-order valence-electron chi connectivity index (χ1n) is 6.83. The molecule has 0 aliphatic heterocycles. The Labute approximate surface area is 108 Å². The third-order valence-corrected chi connectivity index (χ3v) is 4.34. The highest BCUT2D eigenvalue weighted by molar-refractivity contribution is 5.85. The molecule has 1 aromatic rings. The van der Waals surface area contributed by atoms with Crippen LogP contribution in [0.5, 0.6) is 0 Å². The van der Waals surface area contributed by atoms with Gasteiger partial charge in [0, 0.05) is 13.1 Å². The van der Waals surface area contributed by atoms with E-state index in [4.69, 9.17) is 5.73 Å². The largest absolute Gasteiger partial charge is 0.352 e. The molecule has 0 atom stereocenters. The van der Waals surface area contributed by atoms with Gasteiger partial charge in [0.25, 0.3) is 0 Å². The maximum Gasteiger partial charge on any atom is 0.227 e. The molecule has 1 aromatic carbocycles. The van der Waals surface area contributed by atoms with E-state index in [1.165, 1.54) is 36.0 Å². The third-order valence-electron chi connectivity index (χ3n) is 4.34. The zero-order chi connectivity index (χ0) is 12.6. The molecule has 1 fully saturated rings. The van der Waals surface area contributed by atoms with Crippen LogP contribution in [-0.2, 0) is 24.2 Å². The molecular formula is C15H20N2O. The van der Waals surface area contributed by atoms with Crippen LogP contribution in [0.2, 0.25) is 0 Å². The molecule has 96 valence electrons. The Morgan fingerprint density at radius 3 is 2.78 bits per heavy atom. The molecular weight excluding hydrogens is 224 g/mol. The van der Waals surface area contributed by atoms with E-state index in [-0.39, 0.29) is 11.3 Å². The molecule has 2 aliphatic rings. The number of nitrogens with two attached hydrogens (primary N) is 1. The van der Waals surface area contributed by atoms with Crippen LogP contribution in [-0.4, -0.2) is 12.5 Å². The van der Waals surface area contributed by atoms with Crippen molar-refractivity contribution >= 4 is 5.91 Å². The molecule has 0 spiro atoms. The van der Waals surface area contributed by atoms with Crippen molar-refractivity contribution < 1.29 is 4.79 Å². The quantitative estimate of drug-likeness (QED) is 0.844. The highest BCUT2D eigenvalue weighted by Gasteiger charge is 2.48. The molecule has 0 unspecified atom stereocenters. The van der Waals surface area contributed by atoms with Gasteiger partial charge in [0.15, 0.2) is 0 Å². The van der Waals surface area contributed by atoms with Gasteiger partial charge in [-0.3, -0.25) is 4.79 Å². The van der Waals surface area contributed by atoms with Crippen molar-refractivity contribution in [1.29, 1.82) is 0 Å². The van der Waals surface area contributed by atoms with Crippen LogP contribution in [0.25, 0.3) is 0 Å². The Morgan fingerprint density at radius 1 is 1.28 bits per heavy atom. The maximum absolute atomic E-state index is 12.0. The van der Waals surface area contributed by atoms with E-state index in [0.717, 1.165) is 12.8 Å². The molecule has 0 saturated heterocycles. The minimum Gasteiger partial charge on any atom is -0.352 e. The SMILES string of the molecule is NCC1(C(=O)NCc2ccc3c(c2)CCC3)CC1. The molecule has 0 aromatic heterocycles. The van der Waals surface area contributed by atoms with Gasteiger partial charge in [-0.2, -0.15) is 0 Å². The van der Waals surface area contributed by atoms with Gasteiger partial charge in [-0.1, -0.05) is 18.2 Å². The van der Waals surface area contributed by atoms with Gasteiger partial charge in [0.05, 0.1) is 5.41 Å². The summed E-state index contributed by atoms with van der Waals surface area (Å²) in [6.07, 6.45) is 5.54. The minimum atomic E-state index is -0.239. The molecule has 3 heteroatoms. The number of benzene rings is 1. The van der Waals surface area contributed by atoms with Gasteiger partial charge in [-0.25, -0.2) is 0 Å². The average Bonchev–Trinajstić information content (AvgIpc) is 3.07. The Hall–Kier alpha value is -1.35. The van der Waals surface area contributed by atoms with Crippen LogP contribution in [0.15, 0.2) is 18.2 Å². The first-order chi connectivity index (χ1) is 8.73. The van der Waals surface area contributed by atoms with E-state index in [2.05, 4.69) is 23.5 Å². The Balaban J connectivity index is 1.62. The van der Waals surface area contributed by atoms with Crippen LogP contribution in [0, 0.1) is 5.41 Å². The highest BCUT2D eigenvalue weighted by Crippen LogP contribution is 2.44. The first kappa shape index (κ1) is 11.7. The van der Waals surface area contributed by atoms with E-state index >= 15 is 0 Å². The Morgan fingerprint density at radius 2 is 2.06 bits per heavy atom. The topological polar surface area (TPSA) is 55.1 Å². The number of carbonyl (C=O) groups is 1. The number of fused-ring (bicyclic) bond motifs is 1. The maximum atomic E-state index is 12.0. The highest BCUT2D eigenvalue weighted by atomic mass is 16.2. The van der Waals surface area contributed by atoms with Crippen LogP contribution < -0.4 is 11.1 Å².